The van der Waals surface area contributed by atoms with Gasteiger partial charge in [-0.25, -0.2) is 0 Å². The maximum absolute atomic E-state index is 6.04. The summed E-state index contributed by atoms with van der Waals surface area (Å²) < 4.78 is 0. The van der Waals surface area contributed by atoms with Crippen molar-refractivity contribution in [3.05, 3.63) is 49.6 Å². The standard InChI is InChI=1S/C11H8Cl3NS/c12-8-4-10(14)11(5-9(8)13)15-6-7-2-1-3-16-7/h1-5,15H,6H2. The summed E-state index contributed by atoms with van der Waals surface area (Å²) in [4.78, 5) is 1.24. The summed E-state index contributed by atoms with van der Waals surface area (Å²) in [6, 6.07) is 7.45. The lowest BCUT2D eigenvalue weighted by atomic mass is 10.3. The molecule has 0 atom stereocenters. The van der Waals surface area contributed by atoms with Crippen molar-refractivity contribution in [1.29, 1.82) is 0 Å². The zero-order valence-corrected chi connectivity index (χ0v) is 11.2. The van der Waals surface area contributed by atoms with Gasteiger partial charge in [0.05, 0.1) is 20.8 Å². The lowest BCUT2D eigenvalue weighted by molar-refractivity contribution is 1.19. The fourth-order valence-corrected chi connectivity index (χ4v) is 2.51. The van der Waals surface area contributed by atoms with Crippen molar-refractivity contribution >= 4 is 51.8 Å². The predicted octanol–water partition coefficient (Wildman–Crippen LogP) is 5.32. The maximum atomic E-state index is 6.04. The number of rotatable bonds is 3. The molecule has 0 aliphatic carbocycles. The van der Waals surface area contributed by atoms with E-state index in [4.69, 9.17) is 34.8 Å². The summed E-state index contributed by atoms with van der Waals surface area (Å²) in [6.45, 7) is 0.731. The average molecular weight is 293 g/mol. The fourth-order valence-electron chi connectivity index (χ4n) is 1.25. The van der Waals surface area contributed by atoms with Gasteiger partial charge >= 0.3 is 0 Å². The average Bonchev–Trinajstić information content (AvgIpc) is 2.74. The lowest BCUT2D eigenvalue weighted by Gasteiger charge is -2.08. The smallest absolute Gasteiger partial charge is 0.0653 e. The number of hydrogen-bond donors (Lipinski definition) is 1. The van der Waals surface area contributed by atoms with Crippen molar-refractivity contribution in [2.75, 3.05) is 5.32 Å². The summed E-state index contributed by atoms with van der Waals surface area (Å²) >= 11 is 19.5. The Balaban J connectivity index is 2.12. The molecule has 0 aliphatic rings. The molecule has 0 amide bonds. The molecule has 0 saturated heterocycles. The van der Waals surface area contributed by atoms with Crippen molar-refractivity contribution in [1.82, 2.24) is 0 Å². The zero-order valence-electron chi connectivity index (χ0n) is 8.14. The van der Waals surface area contributed by atoms with Crippen molar-refractivity contribution in [2.24, 2.45) is 0 Å². The zero-order chi connectivity index (χ0) is 11.5. The quantitative estimate of drug-likeness (QED) is 0.755. The van der Waals surface area contributed by atoms with Gasteiger partial charge in [0.15, 0.2) is 0 Å². The molecule has 5 heteroatoms. The van der Waals surface area contributed by atoms with E-state index in [1.165, 1.54) is 4.88 Å². The minimum absolute atomic E-state index is 0.466. The molecule has 1 aromatic heterocycles. The van der Waals surface area contributed by atoms with Crippen LogP contribution in [0.4, 0.5) is 5.69 Å². The number of benzene rings is 1. The van der Waals surface area contributed by atoms with E-state index in [9.17, 15) is 0 Å². The highest BCUT2D eigenvalue weighted by Crippen LogP contribution is 2.32. The first kappa shape index (κ1) is 12.1. The van der Waals surface area contributed by atoms with Crippen LogP contribution in [0.15, 0.2) is 29.6 Å². The van der Waals surface area contributed by atoms with Gasteiger partial charge in [-0.05, 0) is 23.6 Å². The van der Waals surface area contributed by atoms with Gasteiger partial charge in [-0.1, -0.05) is 40.9 Å². The number of anilines is 1. The van der Waals surface area contributed by atoms with Crippen LogP contribution in [0.1, 0.15) is 4.88 Å². The van der Waals surface area contributed by atoms with Gasteiger partial charge in [0, 0.05) is 11.4 Å². The number of thiophene rings is 1. The second-order valence-corrected chi connectivity index (χ2v) is 5.43. The van der Waals surface area contributed by atoms with Crippen LogP contribution >= 0.6 is 46.1 Å². The first-order valence-electron chi connectivity index (χ1n) is 4.57. The van der Waals surface area contributed by atoms with Crippen LogP contribution in [-0.4, -0.2) is 0 Å². The highest BCUT2D eigenvalue weighted by atomic mass is 35.5. The predicted molar refractivity (Wildman–Crippen MR) is 73.1 cm³/mol. The van der Waals surface area contributed by atoms with Gasteiger partial charge < -0.3 is 5.32 Å². The van der Waals surface area contributed by atoms with Gasteiger partial charge in [-0.15, -0.1) is 11.3 Å². The number of halogens is 3. The molecule has 84 valence electrons. The molecule has 0 radical (unpaired) electrons. The molecular formula is C11H8Cl3NS. The number of nitrogens with one attached hydrogen (secondary N) is 1. The van der Waals surface area contributed by atoms with Crippen molar-refractivity contribution < 1.29 is 0 Å². The molecule has 0 aliphatic heterocycles. The lowest BCUT2D eigenvalue weighted by Crippen LogP contribution is -1.98. The van der Waals surface area contributed by atoms with Crippen LogP contribution in [0.3, 0.4) is 0 Å². The SMILES string of the molecule is Clc1cc(Cl)c(NCc2cccs2)cc1Cl. The maximum Gasteiger partial charge on any atom is 0.0653 e. The molecule has 1 heterocycles. The van der Waals surface area contributed by atoms with Crippen LogP contribution in [0, 0.1) is 0 Å². The first-order valence-corrected chi connectivity index (χ1v) is 6.59. The molecule has 0 unspecified atom stereocenters. The van der Waals surface area contributed by atoms with E-state index in [1.54, 1.807) is 23.5 Å². The Hall–Kier alpha value is -0.410. The van der Waals surface area contributed by atoms with E-state index in [0.29, 0.717) is 15.1 Å². The molecular weight excluding hydrogens is 285 g/mol. The van der Waals surface area contributed by atoms with Crippen molar-refractivity contribution in [2.45, 2.75) is 6.54 Å². The van der Waals surface area contributed by atoms with Gasteiger partial charge in [0.25, 0.3) is 0 Å². The van der Waals surface area contributed by atoms with Crippen LogP contribution < -0.4 is 5.32 Å². The summed E-state index contributed by atoms with van der Waals surface area (Å²) in [5, 5.41) is 6.79. The third-order valence-corrected chi connectivity index (χ3v) is 3.95. The molecule has 1 aromatic carbocycles. The topological polar surface area (TPSA) is 12.0 Å². The Kier molecular flexibility index (Phi) is 3.98. The minimum atomic E-state index is 0.466. The second kappa shape index (κ2) is 5.28. The molecule has 16 heavy (non-hydrogen) atoms. The van der Waals surface area contributed by atoms with Crippen LogP contribution in [0.5, 0.6) is 0 Å². The summed E-state index contributed by atoms with van der Waals surface area (Å²) in [5.41, 5.74) is 0.796. The molecule has 0 bridgehead atoms. The van der Waals surface area contributed by atoms with Crippen LogP contribution in [0.2, 0.25) is 15.1 Å². The summed E-state index contributed by atoms with van der Waals surface area (Å²) in [5.74, 6) is 0. The van der Waals surface area contributed by atoms with E-state index in [-0.39, 0.29) is 0 Å². The molecule has 2 aromatic rings. The Labute approximate surface area is 113 Å². The third kappa shape index (κ3) is 2.83. The van der Waals surface area contributed by atoms with E-state index < -0.39 is 0 Å². The van der Waals surface area contributed by atoms with Gasteiger partial charge in [0.2, 0.25) is 0 Å². The molecule has 0 fully saturated rings. The monoisotopic (exact) mass is 291 g/mol. The van der Waals surface area contributed by atoms with E-state index in [0.717, 1.165) is 12.2 Å². The minimum Gasteiger partial charge on any atom is -0.379 e. The normalized spacial score (nSPS) is 10.4. The van der Waals surface area contributed by atoms with Crippen LogP contribution in [0.25, 0.3) is 0 Å². The van der Waals surface area contributed by atoms with Crippen molar-refractivity contribution in [3.8, 4) is 0 Å². The van der Waals surface area contributed by atoms with Gasteiger partial charge in [-0.3, -0.25) is 0 Å². The Morgan fingerprint density at radius 1 is 1.06 bits per heavy atom. The molecule has 1 nitrogen and oxygen atoms in total. The third-order valence-electron chi connectivity index (χ3n) is 2.04. The van der Waals surface area contributed by atoms with Crippen LogP contribution in [-0.2, 0) is 6.54 Å². The molecule has 0 saturated carbocycles. The van der Waals surface area contributed by atoms with Crippen molar-refractivity contribution in [3.63, 3.8) is 0 Å². The largest absolute Gasteiger partial charge is 0.379 e. The molecule has 1 N–H and O–H groups in total. The second-order valence-electron chi connectivity index (χ2n) is 3.18. The van der Waals surface area contributed by atoms with Gasteiger partial charge in [-0.2, -0.15) is 0 Å². The Morgan fingerprint density at radius 3 is 2.50 bits per heavy atom. The highest BCUT2D eigenvalue weighted by molar-refractivity contribution is 7.09. The molecule has 0 spiro atoms. The van der Waals surface area contributed by atoms with E-state index in [1.807, 2.05) is 11.4 Å². The Morgan fingerprint density at radius 2 is 1.81 bits per heavy atom. The van der Waals surface area contributed by atoms with E-state index in [2.05, 4.69) is 11.4 Å². The summed E-state index contributed by atoms with van der Waals surface area (Å²) in [6.07, 6.45) is 0. The summed E-state index contributed by atoms with van der Waals surface area (Å²) in [7, 11) is 0. The highest BCUT2D eigenvalue weighted by Gasteiger charge is 2.05. The number of hydrogen-bond acceptors (Lipinski definition) is 2. The van der Waals surface area contributed by atoms with E-state index >= 15 is 0 Å². The van der Waals surface area contributed by atoms with Gasteiger partial charge in [0.1, 0.15) is 0 Å². The fraction of sp³-hybridized carbons (Fsp3) is 0.0909. The first-order chi connectivity index (χ1) is 7.66. The molecule has 2 rings (SSSR count). The Bertz CT molecular complexity index is 482.